The fourth-order valence-corrected chi connectivity index (χ4v) is 2.01. The summed E-state index contributed by atoms with van der Waals surface area (Å²) in [5.74, 6) is 0.516. The predicted octanol–water partition coefficient (Wildman–Crippen LogP) is 2.73. The van der Waals surface area contributed by atoms with Gasteiger partial charge in [-0.05, 0) is 31.6 Å². The summed E-state index contributed by atoms with van der Waals surface area (Å²) in [5.41, 5.74) is 0. The van der Waals surface area contributed by atoms with E-state index in [-0.39, 0.29) is 17.7 Å². The van der Waals surface area contributed by atoms with Crippen molar-refractivity contribution < 1.29 is 14.3 Å². The third kappa shape index (κ3) is 4.77. The van der Waals surface area contributed by atoms with Crippen LogP contribution in [-0.4, -0.2) is 18.4 Å². The van der Waals surface area contributed by atoms with Gasteiger partial charge in [-0.25, -0.2) is 0 Å². The molecular weight excluding hydrogens is 204 g/mol. The van der Waals surface area contributed by atoms with Gasteiger partial charge in [-0.15, -0.1) is 0 Å². The van der Waals surface area contributed by atoms with Crippen molar-refractivity contribution in [1.82, 2.24) is 0 Å². The second kappa shape index (κ2) is 6.66. The van der Waals surface area contributed by atoms with Gasteiger partial charge in [0.25, 0.3) is 0 Å². The molecule has 0 aromatic carbocycles. The highest BCUT2D eigenvalue weighted by molar-refractivity contribution is 5.85. The number of hydrogen-bond acceptors (Lipinski definition) is 3. The first-order valence-electron chi connectivity index (χ1n) is 6.28. The van der Waals surface area contributed by atoms with Crippen molar-refractivity contribution in [2.75, 3.05) is 6.61 Å². The molecular formula is C13H22O3. The molecule has 16 heavy (non-hydrogen) atoms. The Morgan fingerprint density at radius 1 is 1.50 bits per heavy atom. The van der Waals surface area contributed by atoms with Crippen molar-refractivity contribution in [2.24, 2.45) is 11.8 Å². The van der Waals surface area contributed by atoms with Gasteiger partial charge in [0.15, 0.2) is 0 Å². The molecule has 0 bridgehead atoms. The largest absolute Gasteiger partial charge is 0.465 e. The minimum Gasteiger partial charge on any atom is -0.465 e. The first-order chi connectivity index (χ1) is 7.59. The Bertz CT molecular complexity index is 246. The molecule has 1 fully saturated rings. The standard InChI is InChI=1S/C13H22O3/c1-10(2)5-4-8-16-13(15)11-6-3-7-12(14)9-11/h10-11H,3-9H2,1-2H3. The molecule has 0 N–H and O–H groups in total. The highest BCUT2D eigenvalue weighted by Gasteiger charge is 2.26. The van der Waals surface area contributed by atoms with E-state index in [1.807, 2.05) is 0 Å². The zero-order valence-corrected chi connectivity index (χ0v) is 10.3. The van der Waals surface area contributed by atoms with Crippen LogP contribution in [0.5, 0.6) is 0 Å². The molecule has 0 saturated heterocycles. The van der Waals surface area contributed by atoms with E-state index in [0.29, 0.717) is 25.4 Å². The number of Topliss-reactive ketones (excluding diaryl/α,β-unsaturated/α-hetero) is 1. The molecule has 3 nitrogen and oxygen atoms in total. The monoisotopic (exact) mass is 226 g/mol. The molecule has 1 rings (SSSR count). The molecule has 92 valence electrons. The third-order valence-electron chi connectivity index (χ3n) is 2.99. The van der Waals surface area contributed by atoms with Crippen molar-refractivity contribution in [2.45, 2.75) is 52.4 Å². The highest BCUT2D eigenvalue weighted by atomic mass is 16.5. The van der Waals surface area contributed by atoms with Crippen molar-refractivity contribution >= 4 is 11.8 Å². The minimum atomic E-state index is -0.170. The van der Waals surface area contributed by atoms with Gasteiger partial charge < -0.3 is 4.74 Å². The average molecular weight is 226 g/mol. The molecule has 1 atom stereocenters. The van der Waals surface area contributed by atoms with Crippen LogP contribution in [0.25, 0.3) is 0 Å². The van der Waals surface area contributed by atoms with Crippen LogP contribution in [0, 0.1) is 11.8 Å². The topological polar surface area (TPSA) is 43.4 Å². The number of esters is 1. The van der Waals surface area contributed by atoms with E-state index < -0.39 is 0 Å². The number of carbonyl (C=O) groups is 2. The second-order valence-corrected chi connectivity index (χ2v) is 5.04. The quantitative estimate of drug-likeness (QED) is 0.534. The van der Waals surface area contributed by atoms with Crippen LogP contribution in [0.2, 0.25) is 0 Å². The molecule has 1 saturated carbocycles. The van der Waals surface area contributed by atoms with E-state index in [1.54, 1.807) is 0 Å². The van der Waals surface area contributed by atoms with E-state index >= 15 is 0 Å². The van der Waals surface area contributed by atoms with E-state index in [2.05, 4.69) is 13.8 Å². The van der Waals surface area contributed by atoms with E-state index in [4.69, 9.17) is 4.74 Å². The molecule has 1 aliphatic carbocycles. The first-order valence-corrected chi connectivity index (χ1v) is 6.28. The van der Waals surface area contributed by atoms with Crippen LogP contribution in [0.1, 0.15) is 52.4 Å². The van der Waals surface area contributed by atoms with Gasteiger partial charge in [-0.3, -0.25) is 9.59 Å². The van der Waals surface area contributed by atoms with Crippen LogP contribution in [-0.2, 0) is 14.3 Å². The summed E-state index contributed by atoms with van der Waals surface area (Å²) in [7, 11) is 0. The number of hydrogen-bond donors (Lipinski definition) is 0. The summed E-state index contributed by atoms with van der Waals surface area (Å²) in [6, 6.07) is 0. The first kappa shape index (κ1) is 13.2. The van der Waals surface area contributed by atoms with Gasteiger partial charge in [-0.1, -0.05) is 13.8 Å². The smallest absolute Gasteiger partial charge is 0.309 e. The fraction of sp³-hybridized carbons (Fsp3) is 0.846. The molecule has 0 aromatic rings. The van der Waals surface area contributed by atoms with Gasteiger partial charge in [-0.2, -0.15) is 0 Å². The maximum atomic E-state index is 11.6. The number of carbonyl (C=O) groups excluding carboxylic acids is 2. The molecule has 3 heteroatoms. The number of rotatable bonds is 5. The van der Waals surface area contributed by atoms with Crippen LogP contribution in [0.15, 0.2) is 0 Å². The molecule has 0 heterocycles. The number of ketones is 1. The molecule has 0 radical (unpaired) electrons. The van der Waals surface area contributed by atoms with Crippen LogP contribution in [0.4, 0.5) is 0 Å². The second-order valence-electron chi connectivity index (χ2n) is 5.04. The lowest BCUT2D eigenvalue weighted by Crippen LogP contribution is -2.25. The molecule has 0 amide bonds. The highest BCUT2D eigenvalue weighted by Crippen LogP contribution is 2.22. The summed E-state index contributed by atoms with van der Waals surface area (Å²) in [4.78, 5) is 22.8. The van der Waals surface area contributed by atoms with Crippen molar-refractivity contribution in [3.63, 3.8) is 0 Å². The number of ether oxygens (including phenoxy) is 1. The van der Waals surface area contributed by atoms with Crippen molar-refractivity contribution in [3.05, 3.63) is 0 Å². The maximum Gasteiger partial charge on any atom is 0.309 e. The van der Waals surface area contributed by atoms with Crippen LogP contribution in [0.3, 0.4) is 0 Å². The van der Waals surface area contributed by atoms with Crippen LogP contribution >= 0.6 is 0 Å². The zero-order valence-electron chi connectivity index (χ0n) is 10.3. The molecule has 1 unspecified atom stereocenters. The van der Waals surface area contributed by atoms with E-state index in [9.17, 15) is 9.59 Å². The van der Waals surface area contributed by atoms with Gasteiger partial charge in [0.2, 0.25) is 0 Å². The summed E-state index contributed by atoms with van der Waals surface area (Å²) in [6.45, 7) is 4.81. The maximum absolute atomic E-state index is 11.6. The summed E-state index contributed by atoms with van der Waals surface area (Å²) < 4.78 is 5.19. The molecule has 1 aliphatic rings. The summed E-state index contributed by atoms with van der Waals surface area (Å²) >= 11 is 0. The Balaban J connectivity index is 2.16. The van der Waals surface area contributed by atoms with Crippen molar-refractivity contribution in [1.29, 1.82) is 0 Å². The Morgan fingerprint density at radius 3 is 2.88 bits per heavy atom. The summed E-state index contributed by atoms with van der Waals surface area (Å²) in [5, 5.41) is 0. The predicted molar refractivity (Wildman–Crippen MR) is 62.0 cm³/mol. The lowest BCUT2D eigenvalue weighted by atomic mass is 9.88. The Kier molecular flexibility index (Phi) is 5.50. The van der Waals surface area contributed by atoms with Gasteiger partial charge in [0, 0.05) is 12.8 Å². The molecule has 0 aliphatic heterocycles. The van der Waals surface area contributed by atoms with E-state index in [0.717, 1.165) is 25.7 Å². The van der Waals surface area contributed by atoms with Gasteiger partial charge in [0.05, 0.1) is 12.5 Å². The normalized spacial score (nSPS) is 21.2. The third-order valence-corrected chi connectivity index (χ3v) is 2.99. The van der Waals surface area contributed by atoms with Crippen LogP contribution < -0.4 is 0 Å². The Hall–Kier alpha value is -0.860. The van der Waals surface area contributed by atoms with Gasteiger partial charge >= 0.3 is 5.97 Å². The summed E-state index contributed by atoms with van der Waals surface area (Å²) in [6.07, 6.45) is 4.68. The molecule has 0 spiro atoms. The minimum absolute atomic E-state index is 0.166. The molecule has 0 aromatic heterocycles. The Labute approximate surface area is 97.5 Å². The lowest BCUT2D eigenvalue weighted by Gasteiger charge is -2.19. The Morgan fingerprint density at radius 2 is 2.25 bits per heavy atom. The fourth-order valence-electron chi connectivity index (χ4n) is 2.01. The zero-order chi connectivity index (χ0) is 12.0. The SMILES string of the molecule is CC(C)CCCOC(=O)C1CCCC(=O)C1. The average Bonchev–Trinajstić information content (AvgIpc) is 2.24. The van der Waals surface area contributed by atoms with E-state index in [1.165, 1.54) is 0 Å². The van der Waals surface area contributed by atoms with Crippen molar-refractivity contribution in [3.8, 4) is 0 Å². The lowest BCUT2D eigenvalue weighted by molar-refractivity contribution is -0.151. The van der Waals surface area contributed by atoms with Gasteiger partial charge in [0.1, 0.15) is 5.78 Å².